The van der Waals surface area contributed by atoms with Gasteiger partial charge in [0.15, 0.2) is 17.5 Å². The molecule has 6 nitrogen and oxygen atoms in total. The van der Waals surface area contributed by atoms with Gasteiger partial charge in [0, 0.05) is 18.5 Å². The number of benzene rings is 1. The summed E-state index contributed by atoms with van der Waals surface area (Å²) in [6, 6.07) is 8.45. The second-order valence-corrected chi connectivity index (χ2v) is 7.11. The van der Waals surface area contributed by atoms with E-state index in [9.17, 15) is 22.4 Å². The molecule has 1 saturated heterocycles. The average molecular weight is 419 g/mol. The minimum Gasteiger partial charge on any atom is -0.344 e. The molecule has 156 valence electrons. The van der Waals surface area contributed by atoms with Crippen LogP contribution in [0, 0.1) is 11.6 Å². The Bertz CT molecular complexity index is 1060. The topological polar surface area (TPSA) is 63.1 Å². The third kappa shape index (κ3) is 4.58. The van der Waals surface area contributed by atoms with E-state index in [4.69, 9.17) is 0 Å². The van der Waals surface area contributed by atoms with Crippen molar-refractivity contribution in [2.75, 3.05) is 23.3 Å². The van der Waals surface area contributed by atoms with Crippen LogP contribution in [-0.4, -0.2) is 39.7 Å². The van der Waals surface area contributed by atoms with Crippen molar-refractivity contribution in [3.63, 3.8) is 0 Å². The molecule has 0 atom stereocenters. The van der Waals surface area contributed by atoms with E-state index in [1.54, 1.807) is 24.4 Å². The first kappa shape index (κ1) is 19.9. The van der Waals surface area contributed by atoms with Crippen LogP contribution in [0.3, 0.4) is 0 Å². The number of anilines is 2. The molecule has 1 amide bonds. The molecule has 3 aromatic rings. The number of carbonyl (C=O) groups excluding carboxylic acids is 1. The molecule has 0 saturated carbocycles. The maximum Gasteiger partial charge on any atom is 0.282 e. The third-order valence-electron chi connectivity index (χ3n) is 4.58. The Labute approximate surface area is 169 Å². The Kier molecular flexibility index (Phi) is 5.15. The first-order valence-corrected chi connectivity index (χ1v) is 9.12. The van der Waals surface area contributed by atoms with Crippen LogP contribution in [0.4, 0.5) is 29.2 Å². The van der Waals surface area contributed by atoms with Gasteiger partial charge in [0.25, 0.3) is 5.92 Å². The zero-order valence-electron chi connectivity index (χ0n) is 15.7. The number of hydrogen-bond donors (Lipinski definition) is 1. The van der Waals surface area contributed by atoms with Crippen molar-refractivity contribution in [1.29, 1.82) is 0 Å². The van der Waals surface area contributed by atoms with Crippen molar-refractivity contribution in [2.45, 2.75) is 18.9 Å². The zero-order chi connectivity index (χ0) is 21.3. The van der Waals surface area contributed by atoms with Crippen LogP contribution in [-0.2, 0) is 17.8 Å². The number of amides is 1. The average Bonchev–Trinajstić information content (AvgIpc) is 3.10. The summed E-state index contributed by atoms with van der Waals surface area (Å²) in [4.78, 5) is 17.8. The zero-order valence-corrected chi connectivity index (χ0v) is 15.7. The van der Waals surface area contributed by atoms with Gasteiger partial charge in [-0.05, 0) is 29.3 Å². The Hall–Kier alpha value is -3.43. The van der Waals surface area contributed by atoms with E-state index in [0.717, 1.165) is 12.1 Å². The van der Waals surface area contributed by atoms with E-state index >= 15 is 0 Å². The molecule has 1 aromatic carbocycles. The van der Waals surface area contributed by atoms with Gasteiger partial charge in [-0.2, -0.15) is 5.10 Å². The van der Waals surface area contributed by atoms with Crippen LogP contribution in [0.25, 0.3) is 0 Å². The normalized spacial score (nSPS) is 15.0. The molecule has 0 bridgehead atoms. The van der Waals surface area contributed by atoms with Crippen molar-refractivity contribution < 1.29 is 22.4 Å². The summed E-state index contributed by atoms with van der Waals surface area (Å²) in [5.74, 6) is -4.09. The highest BCUT2D eigenvalue weighted by atomic mass is 19.3. The summed E-state index contributed by atoms with van der Waals surface area (Å²) >= 11 is 0. The number of nitrogens with one attached hydrogen (secondary N) is 1. The van der Waals surface area contributed by atoms with Crippen molar-refractivity contribution in [1.82, 2.24) is 14.8 Å². The lowest BCUT2D eigenvalue weighted by Crippen LogP contribution is -2.56. The minimum absolute atomic E-state index is 0.0411. The highest BCUT2D eigenvalue weighted by Gasteiger charge is 2.44. The van der Waals surface area contributed by atoms with Gasteiger partial charge in [0.1, 0.15) is 5.82 Å². The number of carbonyl (C=O) groups is 1. The molecule has 0 unspecified atom stereocenters. The van der Waals surface area contributed by atoms with Gasteiger partial charge in [-0.3, -0.25) is 9.48 Å². The quantitative estimate of drug-likeness (QED) is 0.624. The Morgan fingerprint density at radius 2 is 1.83 bits per heavy atom. The molecule has 2 aromatic heterocycles. The van der Waals surface area contributed by atoms with Crippen LogP contribution >= 0.6 is 0 Å². The predicted octanol–water partition coefficient (Wildman–Crippen LogP) is 3.24. The Morgan fingerprint density at radius 3 is 2.50 bits per heavy atom. The fraction of sp³-hybridized carbons (Fsp3) is 0.250. The number of alkyl halides is 2. The van der Waals surface area contributed by atoms with E-state index in [0.29, 0.717) is 22.8 Å². The minimum atomic E-state index is -2.67. The molecule has 0 radical (unpaired) electrons. The summed E-state index contributed by atoms with van der Waals surface area (Å²) < 4.78 is 53.6. The van der Waals surface area contributed by atoms with Crippen LogP contribution in [0.2, 0.25) is 0 Å². The van der Waals surface area contributed by atoms with Gasteiger partial charge in [-0.15, -0.1) is 0 Å². The lowest BCUT2D eigenvalue weighted by Gasteiger charge is -2.39. The first-order chi connectivity index (χ1) is 14.3. The molecule has 4 rings (SSSR count). The molecule has 1 fully saturated rings. The summed E-state index contributed by atoms with van der Waals surface area (Å²) in [6.45, 7) is -0.492. The van der Waals surface area contributed by atoms with E-state index in [1.165, 1.54) is 21.8 Å². The summed E-state index contributed by atoms with van der Waals surface area (Å²) in [5.41, 5.74) is 1.16. The molecule has 1 aliphatic heterocycles. The molecule has 3 heterocycles. The van der Waals surface area contributed by atoms with Crippen molar-refractivity contribution in [2.24, 2.45) is 0 Å². The number of aromatic nitrogens is 3. The number of nitrogens with zero attached hydrogens (tertiary/aromatic N) is 4. The van der Waals surface area contributed by atoms with Gasteiger partial charge in [0.2, 0.25) is 5.91 Å². The summed E-state index contributed by atoms with van der Waals surface area (Å²) in [6.07, 6.45) is 3.13. The van der Waals surface area contributed by atoms with Gasteiger partial charge in [-0.1, -0.05) is 12.1 Å². The maximum atomic E-state index is 13.3. The van der Waals surface area contributed by atoms with Crippen LogP contribution in [0.1, 0.15) is 11.1 Å². The number of rotatable bonds is 6. The van der Waals surface area contributed by atoms with Gasteiger partial charge >= 0.3 is 0 Å². The SMILES string of the molecule is O=C(Cc1ccc(N2CC(F)(F)C2)nc1)Nc1ccn(Cc2ccc(F)c(F)c2)n1. The fourth-order valence-corrected chi connectivity index (χ4v) is 3.10. The van der Waals surface area contributed by atoms with Crippen molar-refractivity contribution in [3.05, 3.63) is 71.6 Å². The fourth-order valence-electron chi connectivity index (χ4n) is 3.10. The molecular formula is C20H17F4N5O. The van der Waals surface area contributed by atoms with Crippen molar-refractivity contribution >= 4 is 17.5 Å². The van der Waals surface area contributed by atoms with Crippen molar-refractivity contribution in [3.8, 4) is 0 Å². The molecule has 0 spiro atoms. The maximum absolute atomic E-state index is 13.3. The Balaban J connectivity index is 1.30. The van der Waals surface area contributed by atoms with Gasteiger partial charge < -0.3 is 10.2 Å². The number of pyridine rings is 1. The van der Waals surface area contributed by atoms with E-state index in [1.807, 2.05) is 0 Å². The summed E-state index contributed by atoms with van der Waals surface area (Å²) in [5, 5.41) is 6.83. The largest absolute Gasteiger partial charge is 0.344 e. The lowest BCUT2D eigenvalue weighted by atomic mass is 10.1. The first-order valence-electron chi connectivity index (χ1n) is 9.12. The van der Waals surface area contributed by atoms with Crippen LogP contribution < -0.4 is 10.2 Å². The molecular weight excluding hydrogens is 402 g/mol. The van der Waals surface area contributed by atoms with E-state index < -0.39 is 17.6 Å². The lowest BCUT2D eigenvalue weighted by molar-refractivity contribution is -0.115. The summed E-state index contributed by atoms with van der Waals surface area (Å²) in [7, 11) is 0. The predicted molar refractivity (Wildman–Crippen MR) is 101 cm³/mol. The highest BCUT2D eigenvalue weighted by Crippen LogP contribution is 2.30. The third-order valence-corrected chi connectivity index (χ3v) is 4.58. The molecule has 30 heavy (non-hydrogen) atoms. The van der Waals surface area contributed by atoms with Gasteiger partial charge in [0.05, 0.1) is 26.1 Å². The van der Waals surface area contributed by atoms with Gasteiger partial charge in [-0.25, -0.2) is 22.5 Å². The molecule has 0 aliphatic carbocycles. The molecule has 10 heteroatoms. The highest BCUT2D eigenvalue weighted by molar-refractivity contribution is 5.91. The number of halogens is 4. The van der Waals surface area contributed by atoms with Crippen LogP contribution in [0.15, 0.2) is 48.8 Å². The molecule has 1 N–H and O–H groups in total. The monoisotopic (exact) mass is 419 g/mol. The second kappa shape index (κ2) is 7.77. The Morgan fingerprint density at radius 1 is 1.07 bits per heavy atom. The number of hydrogen-bond acceptors (Lipinski definition) is 4. The standard InChI is InChI=1S/C20H17F4N5O/c21-15-3-1-14(7-16(15)22)10-29-6-5-17(27-29)26-19(30)8-13-2-4-18(25-9-13)28-11-20(23,24)12-28/h1-7,9H,8,10-12H2,(H,26,27,30). The van der Waals surface area contributed by atoms with E-state index in [2.05, 4.69) is 15.4 Å². The molecule has 1 aliphatic rings. The van der Waals surface area contributed by atoms with E-state index in [-0.39, 0.29) is 32.0 Å². The smallest absolute Gasteiger partial charge is 0.282 e. The van der Waals surface area contributed by atoms with Crippen LogP contribution in [0.5, 0.6) is 0 Å². The second-order valence-electron chi connectivity index (χ2n) is 7.11.